The van der Waals surface area contributed by atoms with Crippen LogP contribution in [0.4, 0.5) is 0 Å². The van der Waals surface area contributed by atoms with Gasteiger partial charge < -0.3 is 9.47 Å². The first-order valence-electron chi connectivity index (χ1n) is 4.44. The zero-order valence-corrected chi connectivity index (χ0v) is 8.41. The topological polar surface area (TPSA) is 18.5 Å². The Hall–Kier alpha value is -1.02. The lowest BCUT2D eigenvalue weighted by atomic mass is 10.2. The molecule has 0 saturated heterocycles. The Balaban J connectivity index is 2.49. The fourth-order valence-electron chi connectivity index (χ4n) is 1.12. The van der Waals surface area contributed by atoms with E-state index in [9.17, 15) is 0 Å². The maximum absolute atomic E-state index is 5.58. The van der Waals surface area contributed by atoms with Crippen molar-refractivity contribution >= 4 is 0 Å². The molecule has 0 aliphatic rings. The van der Waals surface area contributed by atoms with E-state index in [1.807, 2.05) is 31.2 Å². The molecule has 1 unspecified atom stereocenters. The summed E-state index contributed by atoms with van der Waals surface area (Å²) in [7, 11) is 1.68. The van der Waals surface area contributed by atoms with Gasteiger partial charge in [0.15, 0.2) is 0 Å². The van der Waals surface area contributed by atoms with E-state index < -0.39 is 0 Å². The van der Waals surface area contributed by atoms with Crippen LogP contribution in [0.25, 0.3) is 0 Å². The summed E-state index contributed by atoms with van der Waals surface area (Å²) in [6.45, 7) is 4.67. The first-order chi connectivity index (χ1) is 6.22. The van der Waals surface area contributed by atoms with Gasteiger partial charge in [-0.2, -0.15) is 0 Å². The van der Waals surface area contributed by atoms with Crippen LogP contribution < -0.4 is 4.74 Å². The van der Waals surface area contributed by atoms with E-state index >= 15 is 0 Å². The second-order valence-corrected chi connectivity index (χ2v) is 3.20. The molecule has 0 radical (unpaired) electrons. The lowest BCUT2D eigenvalue weighted by Gasteiger charge is -2.13. The Morgan fingerprint density at radius 1 is 1.23 bits per heavy atom. The van der Waals surface area contributed by atoms with Gasteiger partial charge in [-0.05, 0) is 26.0 Å². The zero-order valence-electron chi connectivity index (χ0n) is 8.41. The molecule has 72 valence electrons. The van der Waals surface area contributed by atoms with Gasteiger partial charge >= 0.3 is 0 Å². The van der Waals surface area contributed by atoms with Crippen LogP contribution in [0.5, 0.6) is 5.75 Å². The van der Waals surface area contributed by atoms with Gasteiger partial charge in [0.25, 0.3) is 0 Å². The van der Waals surface area contributed by atoms with E-state index in [2.05, 4.69) is 6.92 Å². The average Bonchev–Trinajstić information content (AvgIpc) is 2.09. The van der Waals surface area contributed by atoms with Gasteiger partial charge in [0.1, 0.15) is 11.9 Å². The number of hydrogen-bond donors (Lipinski definition) is 0. The number of rotatable bonds is 4. The minimum atomic E-state index is 0.104. The fourth-order valence-corrected chi connectivity index (χ4v) is 1.12. The molecule has 0 saturated carbocycles. The third-order valence-electron chi connectivity index (χ3n) is 1.76. The molecule has 0 fully saturated rings. The Labute approximate surface area is 79.5 Å². The summed E-state index contributed by atoms with van der Waals surface area (Å²) in [5.41, 5.74) is 1.24. The Morgan fingerprint density at radius 2 is 1.85 bits per heavy atom. The van der Waals surface area contributed by atoms with Gasteiger partial charge in [-0.15, -0.1) is 0 Å². The molecule has 1 aromatic carbocycles. The molecule has 0 heterocycles. The lowest BCUT2D eigenvalue weighted by molar-refractivity contribution is 0.0921. The summed E-state index contributed by atoms with van der Waals surface area (Å²) in [5.74, 6) is 0.898. The third kappa shape index (κ3) is 3.47. The lowest BCUT2D eigenvalue weighted by Crippen LogP contribution is -2.17. The molecule has 0 bridgehead atoms. The van der Waals surface area contributed by atoms with Gasteiger partial charge in [0, 0.05) is 7.11 Å². The van der Waals surface area contributed by atoms with E-state index in [1.165, 1.54) is 5.56 Å². The number of benzene rings is 1. The minimum Gasteiger partial charge on any atom is -0.488 e. The maximum atomic E-state index is 5.58. The van der Waals surface area contributed by atoms with Crippen molar-refractivity contribution in [3.05, 3.63) is 29.8 Å². The van der Waals surface area contributed by atoms with E-state index in [4.69, 9.17) is 9.47 Å². The smallest absolute Gasteiger partial charge is 0.119 e. The fraction of sp³-hybridized carbons (Fsp3) is 0.455. The summed E-state index contributed by atoms with van der Waals surface area (Å²) < 4.78 is 10.6. The van der Waals surface area contributed by atoms with Crippen LogP contribution in [0.1, 0.15) is 12.5 Å². The van der Waals surface area contributed by atoms with Crippen molar-refractivity contribution < 1.29 is 9.47 Å². The van der Waals surface area contributed by atoms with Crippen molar-refractivity contribution in [2.45, 2.75) is 20.0 Å². The van der Waals surface area contributed by atoms with Crippen LogP contribution in [-0.4, -0.2) is 19.8 Å². The number of hydrogen-bond acceptors (Lipinski definition) is 2. The number of methoxy groups -OCH3 is 1. The Kier molecular flexibility index (Phi) is 3.77. The van der Waals surface area contributed by atoms with E-state index in [1.54, 1.807) is 7.11 Å². The standard InChI is InChI=1S/C11H16O2/c1-9-4-6-11(7-5-9)13-10(2)8-12-3/h4-7,10H,8H2,1-3H3. The van der Waals surface area contributed by atoms with Crippen LogP contribution in [0.2, 0.25) is 0 Å². The second-order valence-electron chi connectivity index (χ2n) is 3.20. The van der Waals surface area contributed by atoms with Crippen molar-refractivity contribution in [3.63, 3.8) is 0 Å². The highest BCUT2D eigenvalue weighted by molar-refractivity contribution is 5.26. The van der Waals surface area contributed by atoms with Gasteiger partial charge in [0.2, 0.25) is 0 Å². The van der Waals surface area contributed by atoms with Gasteiger partial charge in [-0.25, -0.2) is 0 Å². The second kappa shape index (κ2) is 4.87. The molecule has 0 spiro atoms. The maximum Gasteiger partial charge on any atom is 0.119 e. The molecule has 0 amide bonds. The van der Waals surface area contributed by atoms with E-state index in [-0.39, 0.29) is 6.10 Å². The summed E-state index contributed by atoms with van der Waals surface area (Å²) in [4.78, 5) is 0. The number of aryl methyl sites for hydroxylation is 1. The highest BCUT2D eigenvalue weighted by atomic mass is 16.5. The largest absolute Gasteiger partial charge is 0.488 e. The first kappa shape index (κ1) is 10.1. The van der Waals surface area contributed by atoms with Gasteiger partial charge in [0.05, 0.1) is 6.61 Å². The molecule has 13 heavy (non-hydrogen) atoms. The Bertz CT molecular complexity index is 241. The van der Waals surface area contributed by atoms with Crippen molar-refractivity contribution in [2.24, 2.45) is 0 Å². The summed E-state index contributed by atoms with van der Waals surface area (Å²) in [5, 5.41) is 0. The molecule has 1 aromatic rings. The molecular formula is C11H16O2. The quantitative estimate of drug-likeness (QED) is 0.708. The van der Waals surface area contributed by atoms with E-state index in [0.717, 1.165) is 5.75 Å². The predicted octanol–water partition coefficient (Wildman–Crippen LogP) is 2.41. The van der Waals surface area contributed by atoms with Gasteiger partial charge in [-0.3, -0.25) is 0 Å². The molecule has 2 heteroatoms. The predicted molar refractivity (Wildman–Crippen MR) is 53.1 cm³/mol. The van der Waals surface area contributed by atoms with Crippen molar-refractivity contribution in [2.75, 3.05) is 13.7 Å². The molecule has 0 aliphatic heterocycles. The zero-order chi connectivity index (χ0) is 9.68. The highest BCUT2D eigenvalue weighted by Gasteiger charge is 2.01. The van der Waals surface area contributed by atoms with E-state index in [0.29, 0.717) is 6.61 Å². The van der Waals surface area contributed by atoms with Crippen molar-refractivity contribution in [3.8, 4) is 5.75 Å². The summed E-state index contributed by atoms with van der Waals surface area (Å²) >= 11 is 0. The molecule has 1 rings (SSSR count). The first-order valence-corrected chi connectivity index (χ1v) is 4.44. The monoisotopic (exact) mass is 180 g/mol. The minimum absolute atomic E-state index is 0.104. The summed E-state index contributed by atoms with van der Waals surface area (Å²) in [6, 6.07) is 8.02. The molecule has 0 N–H and O–H groups in total. The molecular weight excluding hydrogens is 164 g/mol. The Morgan fingerprint density at radius 3 is 2.38 bits per heavy atom. The average molecular weight is 180 g/mol. The summed E-state index contributed by atoms with van der Waals surface area (Å²) in [6.07, 6.45) is 0.104. The third-order valence-corrected chi connectivity index (χ3v) is 1.76. The van der Waals surface area contributed by atoms with Crippen LogP contribution >= 0.6 is 0 Å². The van der Waals surface area contributed by atoms with Gasteiger partial charge in [-0.1, -0.05) is 17.7 Å². The van der Waals surface area contributed by atoms with Crippen LogP contribution in [-0.2, 0) is 4.74 Å². The molecule has 2 nitrogen and oxygen atoms in total. The molecule has 0 aliphatic carbocycles. The van der Waals surface area contributed by atoms with Crippen molar-refractivity contribution in [1.82, 2.24) is 0 Å². The van der Waals surface area contributed by atoms with Crippen LogP contribution in [0.3, 0.4) is 0 Å². The molecule has 1 atom stereocenters. The number of ether oxygens (including phenoxy) is 2. The molecule has 0 aromatic heterocycles. The highest BCUT2D eigenvalue weighted by Crippen LogP contribution is 2.13. The van der Waals surface area contributed by atoms with Crippen LogP contribution in [0, 0.1) is 6.92 Å². The van der Waals surface area contributed by atoms with Crippen LogP contribution in [0.15, 0.2) is 24.3 Å². The normalized spacial score (nSPS) is 12.5. The SMILES string of the molecule is COCC(C)Oc1ccc(C)cc1. The van der Waals surface area contributed by atoms with Crippen molar-refractivity contribution in [1.29, 1.82) is 0 Å².